The zero-order valence-electron chi connectivity index (χ0n) is 22.9. The standard InChI is InChI=1S/C31H30N2O5S2/c1-32(30(34)21-14-16-22(36-3)17-15-21)25-10-6-8-12-28(25)39-40-29-13-9-7-11-26(29)33(2)31(35)24-19-18-23(37-4)20-27(24)38-5/h6-20H,1-5H3. The fourth-order valence-corrected chi connectivity index (χ4v) is 6.41. The van der Waals surface area contributed by atoms with Crippen LogP contribution in [0, 0.1) is 0 Å². The molecule has 0 unspecified atom stereocenters. The second-order valence-electron chi connectivity index (χ2n) is 8.63. The van der Waals surface area contributed by atoms with E-state index in [1.165, 1.54) is 28.7 Å². The number of carbonyl (C=O) groups is 2. The molecule has 0 aliphatic heterocycles. The molecule has 4 aromatic carbocycles. The van der Waals surface area contributed by atoms with E-state index in [-0.39, 0.29) is 11.8 Å². The van der Waals surface area contributed by atoms with Crippen molar-refractivity contribution in [3.8, 4) is 17.2 Å². The molecule has 0 aliphatic carbocycles. The van der Waals surface area contributed by atoms with E-state index >= 15 is 0 Å². The van der Waals surface area contributed by atoms with Gasteiger partial charge in [0.15, 0.2) is 0 Å². The maximum atomic E-state index is 13.5. The molecule has 0 atom stereocenters. The number of hydrogen-bond donors (Lipinski definition) is 0. The Hall–Kier alpha value is -4.08. The van der Waals surface area contributed by atoms with Crippen molar-refractivity contribution in [2.75, 3.05) is 45.2 Å². The molecule has 2 amide bonds. The monoisotopic (exact) mass is 574 g/mol. The van der Waals surface area contributed by atoms with E-state index in [1.54, 1.807) is 80.6 Å². The Kier molecular flexibility index (Phi) is 9.63. The van der Waals surface area contributed by atoms with Crippen LogP contribution >= 0.6 is 21.6 Å². The predicted octanol–water partition coefficient (Wildman–Crippen LogP) is 7.07. The summed E-state index contributed by atoms with van der Waals surface area (Å²) in [5.41, 5.74) is 2.53. The van der Waals surface area contributed by atoms with Gasteiger partial charge in [-0.1, -0.05) is 45.9 Å². The van der Waals surface area contributed by atoms with Crippen LogP contribution in [0.3, 0.4) is 0 Å². The van der Waals surface area contributed by atoms with Crippen LogP contribution in [0.25, 0.3) is 0 Å². The van der Waals surface area contributed by atoms with E-state index in [4.69, 9.17) is 14.2 Å². The van der Waals surface area contributed by atoms with Crippen LogP contribution in [0.4, 0.5) is 11.4 Å². The lowest BCUT2D eigenvalue weighted by Crippen LogP contribution is -2.27. The van der Waals surface area contributed by atoms with Crippen LogP contribution in [0.5, 0.6) is 17.2 Å². The molecule has 7 nitrogen and oxygen atoms in total. The van der Waals surface area contributed by atoms with Crippen LogP contribution in [0.15, 0.2) is 101 Å². The van der Waals surface area contributed by atoms with Crippen LogP contribution in [-0.4, -0.2) is 47.2 Å². The number of hydrogen-bond acceptors (Lipinski definition) is 7. The molecule has 4 aromatic rings. The zero-order chi connectivity index (χ0) is 28.6. The van der Waals surface area contributed by atoms with E-state index < -0.39 is 0 Å². The van der Waals surface area contributed by atoms with Crippen molar-refractivity contribution >= 4 is 44.8 Å². The van der Waals surface area contributed by atoms with E-state index in [2.05, 4.69) is 0 Å². The van der Waals surface area contributed by atoms with Gasteiger partial charge in [-0.15, -0.1) is 0 Å². The summed E-state index contributed by atoms with van der Waals surface area (Å²) in [5.74, 6) is 1.41. The van der Waals surface area contributed by atoms with Gasteiger partial charge < -0.3 is 24.0 Å². The van der Waals surface area contributed by atoms with Gasteiger partial charge in [0.05, 0.1) is 38.3 Å². The van der Waals surface area contributed by atoms with E-state index in [1.807, 2.05) is 48.5 Å². The quantitative estimate of drug-likeness (QED) is 0.188. The molecular formula is C31H30N2O5S2. The molecule has 0 spiro atoms. The highest BCUT2D eigenvalue weighted by molar-refractivity contribution is 8.76. The largest absolute Gasteiger partial charge is 0.497 e. The summed E-state index contributed by atoms with van der Waals surface area (Å²) >= 11 is 0. The van der Waals surface area contributed by atoms with Gasteiger partial charge in [-0.05, 0) is 60.7 Å². The molecule has 4 rings (SSSR count). The normalized spacial score (nSPS) is 10.5. The SMILES string of the molecule is COc1ccc(C(=O)N(C)c2ccccc2SSc2ccccc2N(C)C(=O)c2ccc(OC)cc2OC)cc1. The summed E-state index contributed by atoms with van der Waals surface area (Å²) in [6.45, 7) is 0. The Morgan fingerprint density at radius 1 is 0.600 bits per heavy atom. The van der Waals surface area contributed by atoms with Crippen LogP contribution in [0.2, 0.25) is 0 Å². The Morgan fingerprint density at radius 3 is 1.62 bits per heavy atom. The number of rotatable bonds is 10. The minimum Gasteiger partial charge on any atom is -0.497 e. The Bertz CT molecular complexity index is 1490. The Morgan fingerprint density at radius 2 is 1.10 bits per heavy atom. The van der Waals surface area contributed by atoms with Crippen molar-refractivity contribution in [1.82, 2.24) is 0 Å². The van der Waals surface area contributed by atoms with E-state index in [9.17, 15) is 9.59 Å². The molecule has 0 bridgehead atoms. The van der Waals surface area contributed by atoms with Crippen molar-refractivity contribution in [1.29, 1.82) is 0 Å². The predicted molar refractivity (Wildman–Crippen MR) is 163 cm³/mol. The number of amides is 2. The fraction of sp³-hybridized carbons (Fsp3) is 0.161. The average molecular weight is 575 g/mol. The first-order valence-electron chi connectivity index (χ1n) is 12.3. The molecule has 0 heterocycles. The van der Waals surface area contributed by atoms with Crippen molar-refractivity contribution in [3.63, 3.8) is 0 Å². The van der Waals surface area contributed by atoms with E-state index in [0.717, 1.165) is 21.2 Å². The minimum absolute atomic E-state index is 0.125. The molecule has 40 heavy (non-hydrogen) atoms. The third kappa shape index (κ3) is 6.38. The molecule has 0 fully saturated rings. The lowest BCUT2D eigenvalue weighted by Gasteiger charge is -2.22. The van der Waals surface area contributed by atoms with Gasteiger partial charge in [-0.2, -0.15) is 0 Å². The average Bonchev–Trinajstić information content (AvgIpc) is 3.02. The van der Waals surface area contributed by atoms with Crippen molar-refractivity contribution in [3.05, 3.63) is 102 Å². The summed E-state index contributed by atoms with van der Waals surface area (Å²) in [7, 11) is 11.2. The molecular weight excluding hydrogens is 544 g/mol. The summed E-state index contributed by atoms with van der Waals surface area (Å²) in [5, 5.41) is 0. The number of anilines is 2. The number of ether oxygens (including phenoxy) is 3. The molecule has 0 N–H and O–H groups in total. The minimum atomic E-state index is -0.206. The van der Waals surface area contributed by atoms with E-state index in [0.29, 0.717) is 28.4 Å². The number of benzene rings is 4. The lowest BCUT2D eigenvalue weighted by atomic mass is 10.1. The highest BCUT2D eigenvalue weighted by Gasteiger charge is 2.22. The summed E-state index contributed by atoms with van der Waals surface area (Å²) < 4.78 is 15.9. The van der Waals surface area contributed by atoms with Gasteiger partial charge in [0.1, 0.15) is 17.2 Å². The van der Waals surface area contributed by atoms with Gasteiger partial charge >= 0.3 is 0 Å². The molecule has 0 radical (unpaired) electrons. The smallest absolute Gasteiger partial charge is 0.261 e. The Balaban J connectivity index is 1.54. The highest BCUT2D eigenvalue weighted by atomic mass is 33.1. The molecule has 0 aliphatic rings. The summed E-state index contributed by atoms with van der Waals surface area (Å²) in [6, 6.07) is 27.6. The van der Waals surface area contributed by atoms with Crippen molar-refractivity contribution in [2.24, 2.45) is 0 Å². The van der Waals surface area contributed by atoms with Gasteiger partial charge in [-0.25, -0.2) is 0 Å². The maximum absolute atomic E-state index is 13.5. The summed E-state index contributed by atoms with van der Waals surface area (Å²) in [6.07, 6.45) is 0. The lowest BCUT2D eigenvalue weighted by molar-refractivity contribution is 0.0983. The number of para-hydroxylation sites is 2. The van der Waals surface area contributed by atoms with Gasteiger partial charge in [0.2, 0.25) is 0 Å². The third-order valence-corrected chi connectivity index (χ3v) is 8.72. The number of carbonyl (C=O) groups excluding carboxylic acids is 2. The topological polar surface area (TPSA) is 68.3 Å². The molecule has 0 aromatic heterocycles. The second-order valence-corrected chi connectivity index (χ2v) is 10.8. The molecule has 0 saturated carbocycles. The first-order valence-corrected chi connectivity index (χ1v) is 14.5. The number of nitrogens with zero attached hydrogens (tertiary/aromatic N) is 2. The fourth-order valence-electron chi connectivity index (χ4n) is 4.00. The van der Waals surface area contributed by atoms with Crippen molar-refractivity contribution < 1.29 is 23.8 Å². The maximum Gasteiger partial charge on any atom is 0.261 e. The van der Waals surface area contributed by atoms with Crippen molar-refractivity contribution in [2.45, 2.75) is 9.79 Å². The molecule has 0 saturated heterocycles. The number of methoxy groups -OCH3 is 3. The first-order chi connectivity index (χ1) is 19.4. The van der Waals surface area contributed by atoms with Crippen LogP contribution in [0.1, 0.15) is 20.7 Å². The Labute approximate surface area is 242 Å². The molecule has 206 valence electrons. The summed E-state index contributed by atoms with van der Waals surface area (Å²) in [4.78, 5) is 31.8. The van der Waals surface area contributed by atoms with Gasteiger partial charge in [0.25, 0.3) is 11.8 Å². The molecule has 9 heteroatoms. The van der Waals surface area contributed by atoms with Crippen LogP contribution in [-0.2, 0) is 0 Å². The third-order valence-electron chi connectivity index (χ3n) is 6.26. The van der Waals surface area contributed by atoms with Crippen LogP contribution < -0.4 is 24.0 Å². The van der Waals surface area contributed by atoms with Gasteiger partial charge in [0, 0.05) is 35.5 Å². The first kappa shape index (κ1) is 28.9. The second kappa shape index (κ2) is 13.3. The highest BCUT2D eigenvalue weighted by Crippen LogP contribution is 2.45. The zero-order valence-corrected chi connectivity index (χ0v) is 24.5. The van der Waals surface area contributed by atoms with Gasteiger partial charge in [-0.3, -0.25) is 9.59 Å².